The molecule has 0 unspecified atom stereocenters. The van der Waals surface area contributed by atoms with Crippen LogP contribution in [-0.4, -0.2) is 36.0 Å². The molecule has 0 radical (unpaired) electrons. The van der Waals surface area contributed by atoms with Gasteiger partial charge in [-0.3, -0.25) is 10.4 Å². The van der Waals surface area contributed by atoms with Gasteiger partial charge in [-0.05, 0) is 42.3 Å². The van der Waals surface area contributed by atoms with Gasteiger partial charge in [-0.25, -0.2) is 0 Å². The number of nitrogens with zero attached hydrogens (tertiary/aromatic N) is 3. The van der Waals surface area contributed by atoms with Crippen LogP contribution in [0.5, 0.6) is 0 Å². The Morgan fingerprint density at radius 3 is 2.54 bits per heavy atom. The molecule has 2 aromatic carbocycles. The molecule has 4 nitrogen and oxygen atoms in total. The molecule has 3 aromatic rings. The number of nitrogens with one attached hydrogen (secondary N) is 1. The van der Waals surface area contributed by atoms with Gasteiger partial charge in [0.1, 0.15) is 0 Å². The van der Waals surface area contributed by atoms with Gasteiger partial charge in [-0.1, -0.05) is 24.3 Å². The van der Waals surface area contributed by atoms with Crippen molar-refractivity contribution in [2.24, 2.45) is 5.10 Å². The van der Waals surface area contributed by atoms with Crippen LogP contribution in [-0.2, 0) is 0 Å². The molecule has 0 aliphatic carbocycles. The normalized spacial score (nSPS) is 10.8. The molecule has 7 heteroatoms. The number of hydrogen-bond donors (Lipinski definition) is 1. The fourth-order valence-corrected chi connectivity index (χ4v) is 3.35. The van der Waals surface area contributed by atoms with Crippen molar-refractivity contribution in [2.75, 3.05) is 35.2 Å². The molecular formula is C21H23Cl3N4. The van der Waals surface area contributed by atoms with Crippen LogP contribution < -0.4 is 10.3 Å². The quantitative estimate of drug-likeness (QED) is 0.279. The highest BCUT2D eigenvalue weighted by molar-refractivity contribution is 6.18. The van der Waals surface area contributed by atoms with Gasteiger partial charge in [0.15, 0.2) is 0 Å². The molecule has 3 rings (SSSR count). The summed E-state index contributed by atoms with van der Waals surface area (Å²) < 4.78 is 0. The van der Waals surface area contributed by atoms with Gasteiger partial charge in [-0.15, -0.1) is 35.6 Å². The molecule has 148 valence electrons. The van der Waals surface area contributed by atoms with E-state index in [1.807, 2.05) is 36.5 Å². The van der Waals surface area contributed by atoms with E-state index in [4.69, 9.17) is 23.2 Å². The Hall–Kier alpha value is -2.01. The standard InChI is InChI=1S/C21H22Cl2N4.ClH/c1-16-14-19(27(12-9-22)13-10-23)8-7-18(16)15-25-26-20-6-2-4-17-5-3-11-24-21(17)20;/h2-8,11,14-15,26H,9-10,12-13H2,1H3;1H. The molecule has 1 aromatic heterocycles. The van der Waals surface area contributed by atoms with Crippen molar-refractivity contribution in [1.82, 2.24) is 4.98 Å². The molecule has 0 fully saturated rings. The summed E-state index contributed by atoms with van der Waals surface area (Å²) in [6.45, 7) is 3.62. The van der Waals surface area contributed by atoms with Crippen LogP contribution in [0, 0.1) is 6.92 Å². The molecule has 0 saturated carbocycles. The lowest BCUT2D eigenvalue weighted by Gasteiger charge is -2.23. The highest BCUT2D eigenvalue weighted by atomic mass is 35.5. The lowest BCUT2D eigenvalue weighted by atomic mass is 10.1. The number of benzene rings is 2. The molecule has 0 amide bonds. The largest absolute Gasteiger partial charge is 0.369 e. The van der Waals surface area contributed by atoms with E-state index in [9.17, 15) is 0 Å². The number of para-hydroxylation sites is 1. The van der Waals surface area contributed by atoms with Gasteiger partial charge in [0.2, 0.25) is 0 Å². The summed E-state index contributed by atoms with van der Waals surface area (Å²) in [5, 5.41) is 5.48. The number of halogens is 3. The second-order valence-electron chi connectivity index (χ2n) is 6.16. The minimum atomic E-state index is 0. The van der Waals surface area contributed by atoms with Crippen LogP contribution in [0.4, 0.5) is 11.4 Å². The van der Waals surface area contributed by atoms with Gasteiger partial charge in [-0.2, -0.15) is 5.10 Å². The summed E-state index contributed by atoms with van der Waals surface area (Å²) in [4.78, 5) is 6.62. The topological polar surface area (TPSA) is 40.5 Å². The third kappa shape index (κ3) is 5.51. The van der Waals surface area contributed by atoms with Gasteiger partial charge >= 0.3 is 0 Å². The van der Waals surface area contributed by atoms with E-state index >= 15 is 0 Å². The molecule has 28 heavy (non-hydrogen) atoms. The van der Waals surface area contributed by atoms with E-state index in [0.29, 0.717) is 11.8 Å². The Labute approximate surface area is 182 Å². The number of aromatic nitrogens is 1. The third-order valence-corrected chi connectivity index (χ3v) is 4.69. The van der Waals surface area contributed by atoms with Crippen LogP contribution >= 0.6 is 35.6 Å². The lowest BCUT2D eigenvalue weighted by Crippen LogP contribution is -2.27. The first-order chi connectivity index (χ1) is 13.2. The molecule has 0 spiro atoms. The number of hydrogen-bond acceptors (Lipinski definition) is 4. The first kappa shape index (κ1) is 22.3. The average molecular weight is 438 g/mol. The molecule has 1 N–H and O–H groups in total. The lowest BCUT2D eigenvalue weighted by molar-refractivity contribution is 0.873. The summed E-state index contributed by atoms with van der Waals surface area (Å²) in [5.74, 6) is 1.14. The zero-order chi connectivity index (χ0) is 19.1. The molecule has 0 atom stereocenters. The Morgan fingerprint density at radius 1 is 1.07 bits per heavy atom. The first-order valence-corrected chi connectivity index (χ1v) is 9.90. The van der Waals surface area contributed by atoms with Gasteiger partial charge in [0.25, 0.3) is 0 Å². The smallest absolute Gasteiger partial charge is 0.0951 e. The Balaban J connectivity index is 0.00000280. The predicted molar refractivity (Wildman–Crippen MR) is 125 cm³/mol. The van der Waals surface area contributed by atoms with Crippen LogP contribution in [0.1, 0.15) is 11.1 Å². The zero-order valence-corrected chi connectivity index (χ0v) is 17.9. The second kappa shape index (κ2) is 11.1. The number of alkyl halides is 2. The van der Waals surface area contributed by atoms with E-state index < -0.39 is 0 Å². The molecule has 1 heterocycles. The van der Waals surface area contributed by atoms with E-state index in [2.05, 4.69) is 45.5 Å². The van der Waals surface area contributed by atoms with Crippen molar-refractivity contribution in [3.63, 3.8) is 0 Å². The van der Waals surface area contributed by atoms with Crippen LogP contribution in [0.15, 0.2) is 59.8 Å². The second-order valence-corrected chi connectivity index (χ2v) is 6.91. The molecule has 0 saturated heterocycles. The first-order valence-electron chi connectivity index (χ1n) is 8.83. The zero-order valence-electron chi connectivity index (χ0n) is 15.6. The summed E-state index contributed by atoms with van der Waals surface area (Å²) in [6.07, 6.45) is 3.61. The van der Waals surface area contributed by atoms with Crippen LogP contribution in [0.2, 0.25) is 0 Å². The predicted octanol–water partition coefficient (Wildman–Crippen LogP) is 5.70. The van der Waals surface area contributed by atoms with Crippen molar-refractivity contribution in [1.29, 1.82) is 0 Å². The van der Waals surface area contributed by atoms with E-state index in [-0.39, 0.29) is 12.4 Å². The Kier molecular flexibility index (Phi) is 8.84. The maximum Gasteiger partial charge on any atom is 0.0951 e. The summed E-state index contributed by atoms with van der Waals surface area (Å²) in [6, 6.07) is 16.2. The van der Waals surface area contributed by atoms with E-state index in [1.54, 1.807) is 6.20 Å². The number of anilines is 2. The van der Waals surface area contributed by atoms with Gasteiger partial charge < -0.3 is 4.90 Å². The SMILES string of the molecule is Cc1cc(N(CCCl)CCCl)ccc1C=NNc1cccc2cccnc12.Cl. The van der Waals surface area contributed by atoms with Crippen molar-refractivity contribution in [3.8, 4) is 0 Å². The number of fused-ring (bicyclic) bond motifs is 1. The highest BCUT2D eigenvalue weighted by Crippen LogP contribution is 2.21. The number of hydrazone groups is 1. The Morgan fingerprint density at radius 2 is 1.82 bits per heavy atom. The highest BCUT2D eigenvalue weighted by Gasteiger charge is 2.07. The monoisotopic (exact) mass is 436 g/mol. The van der Waals surface area contributed by atoms with Crippen molar-refractivity contribution in [2.45, 2.75) is 6.92 Å². The minimum absolute atomic E-state index is 0. The number of pyridine rings is 1. The summed E-state index contributed by atoms with van der Waals surface area (Å²) >= 11 is 11.8. The maximum absolute atomic E-state index is 5.90. The minimum Gasteiger partial charge on any atom is -0.369 e. The maximum atomic E-state index is 5.90. The molecular weight excluding hydrogens is 415 g/mol. The fraction of sp³-hybridized carbons (Fsp3) is 0.238. The summed E-state index contributed by atoms with van der Waals surface area (Å²) in [7, 11) is 0. The number of aryl methyl sites for hydroxylation is 1. The van der Waals surface area contributed by atoms with Crippen molar-refractivity contribution >= 4 is 64.1 Å². The van der Waals surface area contributed by atoms with Crippen molar-refractivity contribution in [3.05, 3.63) is 65.9 Å². The van der Waals surface area contributed by atoms with E-state index in [0.717, 1.165) is 46.5 Å². The summed E-state index contributed by atoms with van der Waals surface area (Å²) in [5.41, 5.74) is 8.21. The fourth-order valence-electron chi connectivity index (χ4n) is 2.94. The average Bonchev–Trinajstić information content (AvgIpc) is 2.69. The van der Waals surface area contributed by atoms with E-state index in [1.165, 1.54) is 0 Å². The van der Waals surface area contributed by atoms with Gasteiger partial charge in [0, 0.05) is 42.1 Å². The van der Waals surface area contributed by atoms with Crippen molar-refractivity contribution < 1.29 is 0 Å². The molecule has 0 aliphatic rings. The third-order valence-electron chi connectivity index (χ3n) is 4.35. The Bertz CT molecular complexity index is 919. The van der Waals surface area contributed by atoms with Crippen LogP contribution in [0.3, 0.4) is 0 Å². The molecule has 0 bridgehead atoms. The van der Waals surface area contributed by atoms with Gasteiger partial charge in [0.05, 0.1) is 17.4 Å². The molecule has 0 aliphatic heterocycles. The number of rotatable bonds is 8. The van der Waals surface area contributed by atoms with Crippen LogP contribution in [0.25, 0.3) is 10.9 Å².